The van der Waals surface area contributed by atoms with Crippen molar-refractivity contribution in [3.8, 4) is 0 Å². The lowest BCUT2D eigenvalue weighted by molar-refractivity contribution is -0.120. The van der Waals surface area contributed by atoms with E-state index in [1.165, 1.54) is 0 Å². The summed E-state index contributed by atoms with van der Waals surface area (Å²) < 4.78 is 0. The van der Waals surface area contributed by atoms with Crippen molar-refractivity contribution in [2.24, 2.45) is 11.1 Å². The number of hydrogen-bond donors (Lipinski definition) is 2. The second kappa shape index (κ2) is 6.79. The molecule has 4 heteroatoms. The van der Waals surface area contributed by atoms with Crippen LogP contribution in [0.5, 0.6) is 0 Å². The van der Waals surface area contributed by atoms with Gasteiger partial charge in [-0.3, -0.25) is 4.79 Å². The summed E-state index contributed by atoms with van der Waals surface area (Å²) in [5.74, 6) is 0.0806. The van der Waals surface area contributed by atoms with E-state index >= 15 is 0 Å². The lowest BCUT2D eigenvalue weighted by Gasteiger charge is -2.13. The number of nitrogens with zero attached hydrogens (tertiary/aromatic N) is 1. The second-order valence-electron chi connectivity index (χ2n) is 4.27. The van der Waals surface area contributed by atoms with Crippen molar-refractivity contribution in [2.45, 2.75) is 33.6 Å². The topological polar surface area (TPSA) is 61.7 Å². The van der Waals surface area contributed by atoms with E-state index in [0.717, 1.165) is 24.1 Å². The molecule has 98 valence electrons. The van der Waals surface area contributed by atoms with Gasteiger partial charge in [-0.25, -0.2) is 0 Å². The number of hydrogen-bond acceptors (Lipinski definition) is 3. The van der Waals surface area contributed by atoms with E-state index in [9.17, 15) is 4.79 Å². The Morgan fingerprint density at radius 1 is 1.39 bits per heavy atom. The van der Waals surface area contributed by atoms with Gasteiger partial charge in [-0.1, -0.05) is 31.1 Å². The van der Waals surface area contributed by atoms with Crippen molar-refractivity contribution in [2.75, 3.05) is 5.32 Å². The number of oxime groups is 1. The van der Waals surface area contributed by atoms with Crippen LogP contribution in [0.15, 0.2) is 29.4 Å². The van der Waals surface area contributed by atoms with Gasteiger partial charge >= 0.3 is 0 Å². The predicted molar refractivity (Wildman–Crippen MR) is 73.1 cm³/mol. The fraction of sp³-hybridized carbons (Fsp3) is 0.429. The summed E-state index contributed by atoms with van der Waals surface area (Å²) in [4.78, 5) is 11.9. The maximum atomic E-state index is 11.9. The smallest absolute Gasteiger partial charge is 0.227 e. The third kappa shape index (κ3) is 3.58. The monoisotopic (exact) mass is 248 g/mol. The zero-order valence-corrected chi connectivity index (χ0v) is 11.1. The highest BCUT2D eigenvalue weighted by Crippen LogP contribution is 2.15. The van der Waals surface area contributed by atoms with Crippen molar-refractivity contribution in [1.29, 1.82) is 0 Å². The molecule has 1 aromatic rings. The normalized spacial score (nSPS) is 11.7. The molecule has 0 fully saturated rings. The fourth-order valence-corrected chi connectivity index (χ4v) is 1.78. The van der Waals surface area contributed by atoms with E-state index in [4.69, 9.17) is 5.21 Å². The second-order valence-corrected chi connectivity index (χ2v) is 4.27. The van der Waals surface area contributed by atoms with Crippen molar-refractivity contribution >= 4 is 17.3 Å². The van der Waals surface area contributed by atoms with Crippen LogP contribution in [0.2, 0.25) is 0 Å². The van der Waals surface area contributed by atoms with Gasteiger partial charge in [0.2, 0.25) is 5.91 Å². The summed E-state index contributed by atoms with van der Waals surface area (Å²) in [7, 11) is 0. The third-order valence-corrected chi connectivity index (χ3v) is 3.05. The molecule has 1 aromatic carbocycles. The number of rotatable bonds is 5. The van der Waals surface area contributed by atoms with Crippen molar-refractivity contribution in [3.05, 3.63) is 29.8 Å². The van der Waals surface area contributed by atoms with Gasteiger partial charge in [-0.05, 0) is 31.9 Å². The summed E-state index contributed by atoms with van der Waals surface area (Å²) in [5.41, 5.74) is 2.04. The third-order valence-electron chi connectivity index (χ3n) is 3.05. The Labute approximate surface area is 108 Å². The van der Waals surface area contributed by atoms with Gasteiger partial charge in [-0.2, -0.15) is 0 Å². The molecule has 1 amide bonds. The Hall–Kier alpha value is -1.84. The minimum Gasteiger partial charge on any atom is -0.411 e. The lowest BCUT2D eigenvalue weighted by Crippen LogP contribution is -2.21. The highest BCUT2D eigenvalue weighted by Gasteiger charge is 2.14. The number of benzene rings is 1. The van der Waals surface area contributed by atoms with Crippen LogP contribution < -0.4 is 5.32 Å². The molecule has 0 bridgehead atoms. The molecule has 18 heavy (non-hydrogen) atoms. The minimum absolute atomic E-state index is 0.0377. The average molecular weight is 248 g/mol. The molecule has 0 aliphatic heterocycles. The molecule has 0 radical (unpaired) electrons. The van der Waals surface area contributed by atoms with Crippen LogP contribution in [0.1, 0.15) is 39.2 Å². The zero-order valence-electron chi connectivity index (χ0n) is 11.1. The molecular formula is C14H20N2O2. The van der Waals surface area contributed by atoms with E-state index in [0.29, 0.717) is 5.71 Å². The van der Waals surface area contributed by atoms with E-state index in [1.54, 1.807) is 13.0 Å². The predicted octanol–water partition coefficient (Wildman–Crippen LogP) is 3.26. The van der Waals surface area contributed by atoms with Gasteiger partial charge in [0, 0.05) is 17.2 Å². The molecule has 0 aliphatic rings. The molecule has 0 atom stereocenters. The highest BCUT2D eigenvalue weighted by atomic mass is 16.4. The van der Waals surface area contributed by atoms with Crippen molar-refractivity contribution in [3.63, 3.8) is 0 Å². The van der Waals surface area contributed by atoms with E-state index in [1.807, 2.05) is 32.0 Å². The van der Waals surface area contributed by atoms with Gasteiger partial charge in [0.05, 0.1) is 5.71 Å². The van der Waals surface area contributed by atoms with Gasteiger partial charge < -0.3 is 10.5 Å². The van der Waals surface area contributed by atoms with Crippen LogP contribution in [0.3, 0.4) is 0 Å². The van der Waals surface area contributed by atoms with Crippen molar-refractivity contribution < 1.29 is 10.0 Å². The summed E-state index contributed by atoms with van der Waals surface area (Å²) in [6, 6.07) is 7.29. The standard InChI is InChI=1S/C14H20N2O2/c1-4-11(5-2)14(17)15-13-8-6-7-12(9-13)10(3)16-18/h6-9,11,18H,4-5H2,1-3H3,(H,15,17)/b16-10+. The van der Waals surface area contributed by atoms with E-state index in [-0.39, 0.29) is 11.8 Å². The van der Waals surface area contributed by atoms with Gasteiger partial charge in [0.15, 0.2) is 0 Å². The van der Waals surface area contributed by atoms with E-state index < -0.39 is 0 Å². The van der Waals surface area contributed by atoms with Crippen molar-refractivity contribution in [1.82, 2.24) is 0 Å². The maximum Gasteiger partial charge on any atom is 0.227 e. The highest BCUT2D eigenvalue weighted by molar-refractivity contribution is 6.00. The molecule has 0 spiro atoms. The Balaban J connectivity index is 2.82. The molecule has 1 rings (SSSR count). The summed E-state index contributed by atoms with van der Waals surface area (Å²) in [5, 5.41) is 14.8. The summed E-state index contributed by atoms with van der Waals surface area (Å²) in [6.45, 7) is 5.72. The first-order chi connectivity index (χ1) is 8.62. The first-order valence-electron chi connectivity index (χ1n) is 6.22. The Bertz CT molecular complexity index is 437. The molecule has 2 N–H and O–H groups in total. The molecule has 0 saturated carbocycles. The van der Waals surface area contributed by atoms with Crippen LogP contribution in [0.25, 0.3) is 0 Å². The van der Waals surface area contributed by atoms with Crippen LogP contribution in [0.4, 0.5) is 5.69 Å². The van der Waals surface area contributed by atoms with E-state index in [2.05, 4.69) is 10.5 Å². The maximum absolute atomic E-state index is 11.9. The molecule has 0 aromatic heterocycles. The lowest BCUT2D eigenvalue weighted by atomic mass is 10.0. The molecule has 4 nitrogen and oxygen atoms in total. The number of carbonyl (C=O) groups is 1. The average Bonchev–Trinajstić information content (AvgIpc) is 2.39. The molecule has 0 saturated heterocycles. The Kier molecular flexibility index (Phi) is 5.36. The molecular weight excluding hydrogens is 228 g/mol. The Morgan fingerprint density at radius 2 is 2.06 bits per heavy atom. The van der Waals surface area contributed by atoms with Crippen LogP contribution in [-0.4, -0.2) is 16.8 Å². The fourth-order valence-electron chi connectivity index (χ4n) is 1.78. The first kappa shape index (κ1) is 14.2. The van der Waals surface area contributed by atoms with Crippen LogP contribution >= 0.6 is 0 Å². The number of amides is 1. The van der Waals surface area contributed by atoms with Gasteiger partial charge in [0.1, 0.15) is 0 Å². The Morgan fingerprint density at radius 3 is 2.61 bits per heavy atom. The first-order valence-corrected chi connectivity index (χ1v) is 6.22. The SMILES string of the molecule is CCC(CC)C(=O)Nc1cccc(/C(C)=N/O)c1. The zero-order chi connectivity index (χ0) is 13.5. The molecule has 0 unspecified atom stereocenters. The number of carbonyl (C=O) groups excluding carboxylic acids is 1. The molecule has 0 heterocycles. The van der Waals surface area contributed by atoms with Crippen LogP contribution in [-0.2, 0) is 4.79 Å². The summed E-state index contributed by atoms with van der Waals surface area (Å²) >= 11 is 0. The molecule has 0 aliphatic carbocycles. The van der Waals surface area contributed by atoms with Crippen LogP contribution in [0, 0.1) is 5.92 Å². The summed E-state index contributed by atoms with van der Waals surface area (Å²) in [6.07, 6.45) is 1.66. The quantitative estimate of drug-likeness (QED) is 0.477. The largest absolute Gasteiger partial charge is 0.411 e. The van der Waals surface area contributed by atoms with Gasteiger partial charge in [0.25, 0.3) is 0 Å². The number of nitrogens with one attached hydrogen (secondary N) is 1. The number of anilines is 1. The minimum atomic E-state index is 0.0377. The van der Waals surface area contributed by atoms with Gasteiger partial charge in [-0.15, -0.1) is 0 Å².